The summed E-state index contributed by atoms with van der Waals surface area (Å²) in [5.41, 5.74) is 8.37. The van der Waals surface area contributed by atoms with Crippen molar-refractivity contribution < 1.29 is 14.3 Å². The molecule has 0 saturated heterocycles. The summed E-state index contributed by atoms with van der Waals surface area (Å²) in [5.74, 6) is 0.596. The Labute approximate surface area is 123 Å². The van der Waals surface area contributed by atoms with Crippen molar-refractivity contribution >= 4 is 11.7 Å². The number of fused-ring (bicyclic) bond motifs is 1. The summed E-state index contributed by atoms with van der Waals surface area (Å²) < 4.78 is 11.0. The first-order valence-corrected chi connectivity index (χ1v) is 6.96. The number of nitrogens with two attached hydrogens (primary N) is 1. The zero-order chi connectivity index (χ0) is 14.7. The Morgan fingerprint density at radius 1 is 1.19 bits per heavy atom. The number of nitrogen functional groups attached to an aromatic ring is 1. The topological polar surface area (TPSA) is 61.6 Å². The van der Waals surface area contributed by atoms with Crippen LogP contribution in [0.4, 0.5) is 5.69 Å². The van der Waals surface area contributed by atoms with Crippen LogP contribution >= 0.6 is 0 Å². The maximum Gasteiger partial charge on any atom is 0.310 e. The van der Waals surface area contributed by atoms with Crippen LogP contribution in [-0.4, -0.2) is 18.7 Å². The van der Waals surface area contributed by atoms with Gasteiger partial charge in [-0.15, -0.1) is 0 Å². The van der Waals surface area contributed by atoms with Crippen LogP contribution in [0.2, 0.25) is 0 Å². The Kier molecular flexibility index (Phi) is 3.77. The maximum atomic E-state index is 11.9. The number of ether oxygens (including phenoxy) is 2. The van der Waals surface area contributed by atoms with E-state index in [1.54, 1.807) is 6.07 Å². The first-order valence-electron chi connectivity index (χ1n) is 6.96. The van der Waals surface area contributed by atoms with Gasteiger partial charge in [-0.1, -0.05) is 36.4 Å². The fraction of sp³-hybridized carbons (Fsp3) is 0.235. The molecule has 0 aliphatic carbocycles. The molecule has 4 nitrogen and oxygen atoms in total. The summed E-state index contributed by atoms with van der Waals surface area (Å²) in [6.07, 6.45) is 0.864. The highest BCUT2D eigenvalue weighted by molar-refractivity contribution is 5.74. The van der Waals surface area contributed by atoms with Crippen LogP contribution < -0.4 is 10.5 Å². The molecule has 4 heteroatoms. The fourth-order valence-electron chi connectivity index (χ4n) is 2.43. The van der Waals surface area contributed by atoms with Gasteiger partial charge in [-0.3, -0.25) is 4.79 Å². The van der Waals surface area contributed by atoms with Crippen LogP contribution in [0.1, 0.15) is 11.1 Å². The fourth-order valence-corrected chi connectivity index (χ4v) is 2.43. The van der Waals surface area contributed by atoms with Gasteiger partial charge < -0.3 is 15.2 Å². The first-order chi connectivity index (χ1) is 10.2. The van der Waals surface area contributed by atoms with Gasteiger partial charge in [0.1, 0.15) is 18.5 Å². The quantitative estimate of drug-likeness (QED) is 0.691. The molecule has 2 N–H and O–H groups in total. The third kappa shape index (κ3) is 3.16. The summed E-state index contributed by atoms with van der Waals surface area (Å²) in [6.45, 7) is 0.264. The van der Waals surface area contributed by atoms with E-state index in [-0.39, 0.29) is 25.1 Å². The second-order valence-corrected chi connectivity index (χ2v) is 5.11. The lowest BCUT2D eigenvalue weighted by Gasteiger charge is -2.11. The number of hydrogen-bond donors (Lipinski definition) is 1. The van der Waals surface area contributed by atoms with Crippen molar-refractivity contribution in [3.8, 4) is 5.75 Å². The van der Waals surface area contributed by atoms with E-state index in [9.17, 15) is 4.79 Å². The van der Waals surface area contributed by atoms with Crippen molar-refractivity contribution in [2.24, 2.45) is 0 Å². The number of anilines is 1. The highest BCUT2D eigenvalue weighted by Crippen LogP contribution is 2.28. The molecule has 0 spiro atoms. The molecule has 0 saturated carbocycles. The molecule has 1 heterocycles. The largest absolute Gasteiger partial charge is 0.486 e. The van der Waals surface area contributed by atoms with E-state index in [4.69, 9.17) is 15.2 Å². The van der Waals surface area contributed by atoms with E-state index >= 15 is 0 Å². The summed E-state index contributed by atoms with van der Waals surface area (Å²) >= 11 is 0. The standard InChI is InChI=1S/C17H17NO3/c18-15-7-3-1-5-12(15)10-17(19)20-11-14-9-13-6-2-4-8-16(13)21-14/h1-8,14H,9-11,18H2. The van der Waals surface area contributed by atoms with Crippen LogP contribution in [0, 0.1) is 0 Å². The number of carbonyl (C=O) groups excluding carboxylic acids is 1. The minimum atomic E-state index is -0.285. The van der Waals surface area contributed by atoms with Gasteiger partial charge in [0.05, 0.1) is 6.42 Å². The molecule has 108 valence electrons. The van der Waals surface area contributed by atoms with Crippen molar-refractivity contribution in [1.82, 2.24) is 0 Å². The average Bonchev–Trinajstić information content (AvgIpc) is 2.90. The molecule has 1 aliphatic heterocycles. The molecule has 0 fully saturated rings. The molecule has 0 radical (unpaired) electrons. The smallest absolute Gasteiger partial charge is 0.310 e. The van der Waals surface area contributed by atoms with E-state index in [2.05, 4.69) is 0 Å². The molecule has 2 aromatic rings. The van der Waals surface area contributed by atoms with Crippen LogP contribution in [0.3, 0.4) is 0 Å². The lowest BCUT2D eigenvalue weighted by molar-refractivity contribution is -0.145. The van der Waals surface area contributed by atoms with Gasteiger partial charge in [0.2, 0.25) is 0 Å². The van der Waals surface area contributed by atoms with Crippen LogP contribution in [-0.2, 0) is 22.4 Å². The summed E-state index contributed by atoms with van der Waals surface area (Å²) in [4.78, 5) is 11.9. The summed E-state index contributed by atoms with van der Waals surface area (Å²) in [7, 11) is 0. The Morgan fingerprint density at radius 2 is 1.95 bits per heavy atom. The Morgan fingerprint density at radius 3 is 2.76 bits per heavy atom. The summed E-state index contributed by atoms with van der Waals surface area (Å²) in [6, 6.07) is 15.2. The number of benzene rings is 2. The minimum Gasteiger partial charge on any atom is -0.486 e. The number of carbonyl (C=O) groups is 1. The monoisotopic (exact) mass is 283 g/mol. The van der Waals surface area contributed by atoms with Gasteiger partial charge in [-0.05, 0) is 23.3 Å². The van der Waals surface area contributed by atoms with Gasteiger partial charge >= 0.3 is 5.97 Å². The molecule has 2 aromatic carbocycles. The molecular formula is C17H17NO3. The lowest BCUT2D eigenvalue weighted by atomic mass is 10.1. The molecule has 1 aliphatic rings. The SMILES string of the molecule is Nc1ccccc1CC(=O)OCC1Cc2ccccc2O1. The van der Waals surface area contributed by atoms with Gasteiger partial charge in [0.25, 0.3) is 0 Å². The number of esters is 1. The predicted octanol–water partition coefficient (Wildman–Crippen LogP) is 2.36. The molecule has 1 unspecified atom stereocenters. The predicted molar refractivity (Wildman–Crippen MR) is 80.1 cm³/mol. The highest BCUT2D eigenvalue weighted by atomic mass is 16.6. The van der Waals surface area contributed by atoms with E-state index in [1.165, 1.54) is 0 Å². The Bertz CT molecular complexity index is 629. The van der Waals surface area contributed by atoms with Gasteiger partial charge in [-0.25, -0.2) is 0 Å². The van der Waals surface area contributed by atoms with Gasteiger partial charge in [0, 0.05) is 12.1 Å². The third-order valence-corrected chi connectivity index (χ3v) is 3.53. The van der Waals surface area contributed by atoms with Crippen LogP contribution in [0.15, 0.2) is 48.5 Å². The molecule has 21 heavy (non-hydrogen) atoms. The highest BCUT2D eigenvalue weighted by Gasteiger charge is 2.23. The van der Waals surface area contributed by atoms with Crippen molar-refractivity contribution in [3.63, 3.8) is 0 Å². The van der Waals surface area contributed by atoms with E-state index in [1.807, 2.05) is 42.5 Å². The second-order valence-electron chi connectivity index (χ2n) is 5.11. The zero-order valence-corrected chi connectivity index (χ0v) is 11.6. The maximum absolute atomic E-state index is 11.9. The number of hydrogen-bond acceptors (Lipinski definition) is 4. The molecule has 0 amide bonds. The number of rotatable bonds is 4. The zero-order valence-electron chi connectivity index (χ0n) is 11.6. The minimum absolute atomic E-state index is 0.0977. The lowest BCUT2D eigenvalue weighted by Crippen LogP contribution is -2.23. The Hall–Kier alpha value is -2.49. The van der Waals surface area contributed by atoms with Crippen molar-refractivity contribution in [3.05, 3.63) is 59.7 Å². The molecule has 1 atom stereocenters. The van der Waals surface area contributed by atoms with Gasteiger partial charge in [-0.2, -0.15) is 0 Å². The molecule has 3 rings (SSSR count). The van der Waals surface area contributed by atoms with Crippen LogP contribution in [0.25, 0.3) is 0 Å². The average molecular weight is 283 g/mol. The van der Waals surface area contributed by atoms with Gasteiger partial charge in [0.15, 0.2) is 0 Å². The third-order valence-electron chi connectivity index (χ3n) is 3.53. The van der Waals surface area contributed by atoms with Crippen molar-refractivity contribution in [2.45, 2.75) is 18.9 Å². The first kappa shape index (κ1) is 13.5. The summed E-state index contributed by atoms with van der Waals surface area (Å²) in [5, 5.41) is 0. The van der Waals surface area contributed by atoms with Crippen LogP contribution in [0.5, 0.6) is 5.75 Å². The normalized spacial score (nSPS) is 16.1. The second kappa shape index (κ2) is 5.87. The molecule has 0 aromatic heterocycles. The van der Waals surface area contributed by atoms with Crippen molar-refractivity contribution in [1.29, 1.82) is 0 Å². The van der Waals surface area contributed by atoms with Crippen molar-refractivity contribution in [2.75, 3.05) is 12.3 Å². The number of para-hydroxylation sites is 2. The Balaban J connectivity index is 1.50. The van der Waals surface area contributed by atoms with E-state index in [0.717, 1.165) is 23.3 Å². The molecular weight excluding hydrogens is 266 g/mol. The van der Waals surface area contributed by atoms with E-state index < -0.39 is 0 Å². The molecule has 0 bridgehead atoms. The van der Waals surface area contributed by atoms with E-state index in [0.29, 0.717) is 5.69 Å².